The van der Waals surface area contributed by atoms with Crippen LogP contribution in [0.1, 0.15) is 6.42 Å². The Bertz CT molecular complexity index is 234. The summed E-state index contributed by atoms with van der Waals surface area (Å²) in [5, 5.41) is 3.12. The van der Waals surface area contributed by atoms with E-state index in [0.717, 1.165) is 18.8 Å². The van der Waals surface area contributed by atoms with Crippen molar-refractivity contribution in [2.75, 3.05) is 6.54 Å². The maximum absolute atomic E-state index is 5.85. The topological polar surface area (TPSA) is 50.4 Å². The zero-order chi connectivity index (χ0) is 7.84. The maximum Gasteiger partial charge on any atom is 0.105 e. The van der Waals surface area contributed by atoms with E-state index in [1.807, 2.05) is 6.20 Å². The number of halogens is 1. The molecule has 3 N–H and O–H groups in total. The molecule has 0 bridgehead atoms. The average Bonchev–Trinajstić information content (AvgIpc) is 2.33. The fraction of sp³-hybridized carbons (Fsp3) is 0.571. The fourth-order valence-electron chi connectivity index (χ4n) is 1.47. The van der Waals surface area contributed by atoms with Gasteiger partial charge in [0, 0.05) is 22.6 Å². The first-order valence-electron chi connectivity index (χ1n) is 3.68. The standard InChI is InChI=1S/C7H10BrN3/c8-4-1-5-6(9)3-11-7(5)10-2-4/h2,5-6H,1,3,9H2,(H,10,11). The summed E-state index contributed by atoms with van der Waals surface area (Å²) in [6.07, 6.45) is 2.93. The van der Waals surface area contributed by atoms with Crippen LogP contribution in [0.15, 0.2) is 15.7 Å². The Morgan fingerprint density at radius 1 is 1.73 bits per heavy atom. The van der Waals surface area contributed by atoms with Gasteiger partial charge in [0.2, 0.25) is 0 Å². The van der Waals surface area contributed by atoms with E-state index in [0.29, 0.717) is 5.92 Å². The van der Waals surface area contributed by atoms with Crippen molar-refractivity contribution in [1.29, 1.82) is 0 Å². The quantitative estimate of drug-likeness (QED) is 0.622. The molecule has 3 nitrogen and oxygen atoms in total. The third kappa shape index (κ3) is 1.20. The van der Waals surface area contributed by atoms with E-state index in [1.54, 1.807) is 0 Å². The van der Waals surface area contributed by atoms with Crippen LogP contribution in [0.25, 0.3) is 0 Å². The van der Waals surface area contributed by atoms with E-state index in [2.05, 4.69) is 26.2 Å². The first-order valence-corrected chi connectivity index (χ1v) is 4.47. The minimum absolute atomic E-state index is 0.207. The van der Waals surface area contributed by atoms with Crippen molar-refractivity contribution in [2.45, 2.75) is 12.5 Å². The van der Waals surface area contributed by atoms with Crippen LogP contribution in [-0.2, 0) is 0 Å². The van der Waals surface area contributed by atoms with Gasteiger partial charge < -0.3 is 11.1 Å². The zero-order valence-corrected chi connectivity index (χ0v) is 7.63. The number of nitrogens with zero attached hydrogens (tertiary/aromatic N) is 1. The van der Waals surface area contributed by atoms with Gasteiger partial charge in [0.25, 0.3) is 0 Å². The Labute approximate surface area is 73.9 Å². The number of hydrogen-bond acceptors (Lipinski definition) is 3. The summed E-state index contributed by atoms with van der Waals surface area (Å²) in [6.45, 7) is 0.765. The molecule has 0 saturated carbocycles. The molecule has 0 aromatic rings. The van der Waals surface area contributed by atoms with Gasteiger partial charge in [-0.2, -0.15) is 0 Å². The van der Waals surface area contributed by atoms with Crippen molar-refractivity contribution >= 4 is 21.8 Å². The molecule has 4 heteroatoms. The molecule has 0 aromatic heterocycles. The predicted octanol–water partition coefficient (Wildman–Crippen LogP) is 0.572. The van der Waals surface area contributed by atoms with Gasteiger partial charge in [-0.15, -0.1) is 0 Å². The van der Waals surface area contributed by atoms with Gasteiger partial charge in [-0.3, -0.25) is 4.99 Å². The van der Waals surface area contributed by atoms with Crippen LogP contribution >= 0.6 is 15.9 Å². The van der Waals surface area contributed by atoms with Crippen molar-refractivity contribution in [2.24, 2.45) is 16.6 Å². The summed E-state index contributed by atoms with van der Waals surface area (Å²) in [5.74, 6) is 1.47. The highest BCUT2D eigenvalue weighted by Gasteiger charge is 2.30. The Balaban J connectivity index is 2.20. The molecule has 60 valence electrons. The first kappa shape index (κ1) is 7.31. The minimum atomic E-state index is 0.207. The normalized spacial score (nSPS) is 35.5. The maximum atomic E-state index is 5.85. The molecule has 2 aliphatic rings. The van der Waals surface area contributed by atoms with Crippen molar-refractivity contribution in [3.63, 3.8) is 0 Å². The second-order valence-electron chi connectivity index (χ2n) is 2.94. The van der Waals surface area contributed by atoms with Gasteiger partial charge in [0.05, 0.1) is 6.54 Å². The molecule has 0 aromatic carbocycles. The van der Waals surface area contributed by atoms with Crippen LogP contribution in [-0.4, -0.2) is 18.4 Å². The lowest BCUT2D eigenvalue weighted by Gasteiger charge is -2.21. The van der Waals surface area contributed by atoms with E-state index in [-0.39, 0.29) is 6.04 Å². The molecule has 0 aliphatic carbocycles. The van der Waals surface area contributed by atoms with Gasteiger partial charge in [0.15, 0.2) is 0 Å². The third-order valence-electron chi connectivity index (χ3n) is 2.13. The van der Waals surface area contributed by atoms with E-state index in [1.165, 1.54) is 4.48 Å². The van der Waals surface area contributed by atoms with Crippen LogP contribution < -0.4 is 11.1 Å². The van der Waals surface area contributed by atoms with Crippen LogP contribution in [0.4, 0.5) is 0 Å². The molecule has 2 unspecified atom stereocenters. The van der Waals surface area contributed by atoms with Crippen LogP contribution in [0.2, 0.25) is 0 Å². The number of nitrogens with one attached hydrogen (secondary N) is 1. The fourth-order valence-corrected chi connectivity index (χ4v) is 1.94. The summed E-state index contributed by atoms with van der Waals surface area (Å²) >= 11 is 3.44. The second kappa shape index (κ2) is 2.60. The minimum Gasteiger partial charge on any atom is -0.349 e. The molecule has 2 aliphatic heterocycles. The van der Waals surface area contributed by atoms with Gasteiger partial charge in [0.1, 0.15) is 5.84 Å². The number of allylic oxidation sites excluding steroid dienone is 1. The molecule has 11 heavy (non-hydrogen) atoms. The average molecular weight is 216 g/mol. The van der Waals surface area contributed by atoms with Crippen molar-refractivity contribution < 1.29 is 0 Å². The lowest BCUT2D eigenvalue weighted by atomic mass is 9.96. The van der Waals surface area contributed by atoms with Crippen LogP contribution in [0.5, 0.6) is 0 Å². The number of amidine groups is 1. The predicted molar refractivity (Wildman–Crippen MR) is 48.5 cm³/mol. The smallest absolute Gasteiger partial charge is 0.105 e. The molecular formula is C7H10BrN3. The third-order valence-corrected chi connectivity index (χ3v) is 2.68. The van der Waals surface area contributed by atoms with Gasteiger partial charge in [-0.05, 0) is 6.42 Å². The van der Waals surface area contributed by atoms with Crippen LogP contribution in [0, 0.1) is 5.92 Å². The van der Waals surface area contributed by atoms with Crippen LogP contribution in [0.3, 0.4) is 0 Å². The highest BCUT2D eigenvalue weighted by molar-refractivity contribution is 9.11. The van der Waals surface area contributed by atoms with E-state index >= 15 is 0 Å². The van der Waals surface area contributed by atoms with Gasteiger partial charge in [-0.1, -0.05) is 15.9 Å². The SMILES string of the molecule is NC1CN=C2NC=C(Br)CC21. The molecule has 0 spiro atoms. The summed E-state index contributed by atoms with van der Waals surface area (Å²) in [4.78, 5) is 4.29. The highest BCUT2D eigenvalue weighted by atomic mass is 79.9. The lowest BCUT2D eigenvalue weighted by molar-refractivity contribution is 0.564. The summed E-state index contributed by atoms with van der Waals surface area (Å²) < 4.78 is 1.18. The number of nitrogens with two attached hydrogens (primary N) is 1. The summed E-state index contributed by atoms with van der Waals surface area (Å²) in [5.41, 5.74) is 5.85. The molecule has 0 saturated heterocycles. The second-order valence-corrected chi connectivity index (χ2v) is 3.95. The molecule has 2 atom stereocenters. The first-order chi connectivity index (χ1) is 5.27. The monoisotopic (exact) mass is 215 g/mol. The van der Waals surface area contributed by atoms with E-state index in [4.69, 9.17) is 5.73 Å². The summed E-state index contributed by atoms with van der Waals surface area (Å²) in [6, 6.07) is 0.207. The van der Waals surface area contributed by atoms with Crippen molar-refractivity contribution in [1.82, 2.24) is 5.32 Å². The van der Waals surface area contributed by atoms with Gasteiger partial charge in [-0.25, -0.2) is 0 Å². The Morgan fingerprint density at radius 3 is 3.36 bits per heavy atom. The molecule has 0 amide bonds. The zero-order valence-electron chi connectivity index (χ0n) is 6.05. The number of hydrogen-bond donors (Lipinski definition) is 2. The summed E-state index contributed by atoms with van der Waals surface area (Å²) in [7, 11) is 0. The van der Waals surface area contributed by atoms with Crippen molar-refractivity contribution in [3.8, 4) is 0 Å². The molecular weight excluding hydrogens is 206 g/mol. The molecule has 0 fully saturated rings. The lowest BCUT2D eigenvalue weighted by Crippen LogP contribution is -2.38. The van der Waals surface area contributed by atoms with E-state index in [9.17, 15) is 0 Å². The number of rotatable bonds is 0. The van der Waals surface area contributed by atoms with E-state index < -0.39 is 0 Å². The number of fused-ring (bicyclic) bond motifs is 1. The Kier molecular flexibility index (Phi) is 1.73. The Hall–Kier alpha value is -0.350. The molecule has 2 rings (SSSR count). The Morgan fingerprint density at radius 2 is 2.55 bits per heavy atom. The van der Waals surface area contributed by atoms with Gasteiger partial charge >= 0.3 is 0 Å². The largest absolute Gasteiger partial charge is 0.349 e. The highest BCUT2D eigenvalue weighted by Crippen LogP contribution is 2.26. The molecule has 0 radical (unpaired) electrons. The van der Waals surface area contributed by atoms with Crippen molar-refractivity contribution in [3.05, 3.63) is 10.7 Å². The number of aliphatic imine (C=N–C) groups is 1. The molecule has 2 heterocycles.